The molecule has 0 fully saturated rings. The molecule has 0 unspecified atom stereocenters. The highest BCUT2D eigenvalue weighted by Gasteiger charge is 2.07. The van der Waals surface area contributed by atoms with Gasteiger partial charge in [-0.25, -0.2) is 0 Å². The van der Waals surface area contributed by atoms with E-state index in [9.17, 15) is 4.79 Å². The number of Topliss-reactive ketones (excluding diaryl/α,β-unsaturated/α-hetero) is 1. The van der Waals surface area contributed by atoms with Crippen molar-refractivity contribution >= 4 is 5.78 Å². The van der Waals surface area contributed by atoms with Gasteiger partial charge in [0, 0.05) is 11.1 Å². The highest BCUT2D eigenvalue weighted by Crippen LogP contribution is 2.22. The molecule has 0 atom stereocenters. The fourth-order valence-electron chi connectivity index (χ4n) is 1.57. The molecule has 0 aliphatic carbocycles. The van der Waals surface area contributed by atoms with Crippen molar-refractivity contribution in [3.8, 4) is 11.1 Å². The summed E-state index contributed by atoms with van der Waals surface area (Å²) in [5.74, 6) is 0.0747. The summed E-state index contributed by atoms with van der Waals surface area (Å²) >= 11 is 0. The smallest absolute Gasteiger partial charge is 0.160 e. The van der Waals surface area contributed by atoms with E-state index in [1.54, 1.807) is 6.92 Å². The topological polar surface area (TPSA) is 17.1 Å². The predicted molar refractivity (Wildman–Crippen MR) is 60.7 cm³/mol. The van der Waals surface area contributed by atoms with Crippen molar-refractivity contribution in [2.24, 2.45) is 0 Å². The van der Waals surface area contributed by atoms with Gasteiger partial charge in [0.1, 0.15) is 0 Å². The first kappa shape index (κ1) is 9.66. The molecule has 0 heterocycles. The van der Waals surface area contributed by atoms with Crippen LogP contribution in [0.5, 0.6) is 0 Å². The molecule has 0 aliphatic heterocycles. The van der Waals surface area contributed by atoms with Crippen molar-refractivity contribution in [1.82, 2.24) is 0 Å². The fraction of sp³-hybridized carbons (Fsp3) is 0.0714. The molecule has 0 amide bonds. The van der Waals surface area contributed by atoms with E-state index in [0.717, 1.165) is 16.7 Å². The van der Waals surface area contributed by atoms with Crippen LogP contribution >= 0.6 is 0 Å². The van der Waals surface area contributed by atoms with E-state index in [4.69, 9.17) is 0 Å². The Kier molecular flexibility index (Phi) is 2.64. The summed E-state index contributed by atoms with van der Waals surface area (Å²) in [5.41, 5.74) is 2.64. The summed E-state index contributed by atoms with van der Waals surface area (Å²) < 4.78 is 0. The van der Waals surface area contributed by atoms with Crippen LogP contribution in [0.1, 0.15) is 17.3 Å². The lowest BCUT2D eigenvalue weighted by atomic mass is 9.98. The first-order valence-corrected chi connectivity index (χ1v) is 4.86. The van der Waals surface area contributed by atoms with E-state index in [-0.39, 0.29) is 5.78 Å². The lowest BCUT2D eigenvalue weighted by Gasteiger charge is -2.05. The molecule has 2 aromatic carbocycles. The number of benzene rings is 2. The second-order valence-corrected chi connectivity index (χ2v) is 3.38. The van der Waals surface area contributed by atoms with E-state index in [1.807, 2.05) is 48.5 Å². The lowest BCUT2D eigenvalue weighted by molar-refractivity contribution is 0.101. The Hall–Kier alpha value is -1.89. The summed E-state index contributed by atoms with van der Waals surface area (Å²) in [4.78, 5) is 11.4. The van der Waals surface area contributed by atoms with Crippen molar-refractivity contribution in [2.45, 2.75) is 6.92 Å². The normalized spacial score (nSPS) is 9.93. The minimum Gasteiger partial charge on any atom is -0.294 e. The van der Waals surface area contributed by atoms with Gasteiger partial charge in [0.15, 0.2) is 5.78 Å². The predicted octanol–water partition coefficient (Wildman–Crippen LogP) is 3.36. The van der Waals surface area contributed by atoms with Gasteiger partial charge in [0.25, 0.3) is 0 Å². The van der Waals surface area contributed by atoms with E-state index >= 15 is 0 Å². The molecule has 1 heteroatoms. The quantitative estimate of drug-likeness (QED) is 0.671. The minimum atomic E-state index is 0.0747. The van der Waals surface area contributed by atoms with Gasteiger partial charge >= 0.3 is 0 Å². The van der Waals surface area contributed by atoms with Crippen LogP contribution < -0.4 is 0 Å². The maximum Gasteiger partial charge on any atom is 0.160 e. The zero-order valence-electron chi connectivity index (χ0n) is 8.53. The molecule has 15 heavy (non-hydrogen) atoms. The Morgan fingerprint density at radius 1 is 1.07 bits per heavy atom. The molecule has 0 N–H and O–H groups in total. The van der Waals surface area contributed by atoms with E-state index in [0.29, 0.717) is 0 Å². The van der Waals surface area contributed by atoms with Crippen molar-refractivity contribution < 1.29 is 4.79 Å². The van der Waals surface area contributed by atoms with Crippen LogP contribution in [-0.4, -0.2) is 5.78 Å². The monoisotopic (exact) mass is 195 g/mol. The molecule has 0 bridgehead atoms. The second kappa shape index (κ2) is 4.09. The molecular formula is C14H11O. The maximum atomic E-state index is 11.4. The maximum absolute atomic E-state index is 11.4. The Balaban J connectivity index is 2.58. The molecule has 1 nitrogen and oxygen atoms in total. The Labute approximate surface area is 89.4 Å². The van der Waals surface area contributed by atoms with Crippen molar-refractivity contribution in [3.63, 3.8) is 0 Å². The first-order chi connectivity index (χ1) is 7.29. The van der Waals surface area contributed by atoms with Crippen LogP contribution in [-0.2, 0) is 0 Å². The van der Waals surface area contributed by atoms with Gasteiger partial charge in [-0.1, -0.05) is 48.5 Å². The van der Waals surface area contributed by atoms with Gasteiger partial charge in [-0.2, -0.15) is 0 Å². The van der Waals surface area contributed by atoms with Crippen LogP contribution in [0.15, 0.2) is 48.5 Å². The SMILES string of the molecule is CC(=O)c1ccc[c]c1-c1ccccc1. The zero-order chi connectivity index (χ0) is 10.7. The standard InChI is InChI=1S/C14H11O/c1-11(15)13-9-5-6-10-14(13)12-7-3-2-4-8-12/h2-9H,1H3. The molecule has 0 saturated heterocycles. The first-order valence-electron chi connectivity index (χ1n) is 4.86. The minimum absolute atomic E-state index is 0.0747. The van der Waals surface area contributed by atoms with E-state index < -0.39 is 0 Å². The molecule has 1 radical (unpaired) electrons. The van der Waals surface area contributed by atoms with Gasteiger partial charge in [-0.05, 0) is 18.6 Å². The Bertz CT molecular complexity index is 472. The number of rotatable bonds is 2. The highest BCUT2D eigenvalue weighted by molar-refractivity contribution is 6.00. The van der Waals surface area contributed by atoms with Gasteiger partial charge < -0.3 is 0 Å². The molecule has 0 aliphatic rings. The summed E-state index contributed by atoms with van der Waals surface area (Å²) in [5, 5.41) is 0. The van der Waals surface area contributed by atoms with E-state index in [1.165, 1.54) is 0 Å². The third kappa shape index (κ3) is 1.96. The Morgan fingerprint density at radius 3 is 2.47 bits per heavy atom. The molecule has 0 saturated carbocycles. The summed E-state index contributed by atoms with van der Waals surface area (Å²) in [6.07, 6.45) is 0. The second-order valence-electron chi connectivity index (χ2n) is 3.38. The molecular weight excluding hydrogens is 184 g/mol. The molecule has 73 valence electrons. The van der Waals surface area contributed by atoms with Crippen LogP contribution in [0.3, 0.4) is 0 Å². The Morgan fingerprint density at radius 2 is 1.80 bits per heavy atom. The van der Waals surface area contributed by atoms with Crippen molar-refractivity contribution in [3.05, 3.63) is 60.2 Å². The van der Waals surface area contributed by atoms with Gasteiger partial charge in [0.05, 0.1) is 0 Å². The summed E-state index contributed by atoms with van der Waals surface area (Å²) in [7, 11) is 0. The molecule has 0 spiro atoms. The average molecular weight is 195 g/mol. The number of carbonyl (C=O) groups is 1. The number of hydrogen-bond acceptors (Lipinski definition) is 1. The number of ketones is 1. The van der Waals surface area contributed by atoms with Crippen LogP contribution in [0.25, 0.3) is 11.1 Å². The fourth-order valence-corrected chi connectivity index (χ4v) is 1.57. The molecule has 0 aromatic heterocycles. The van der Waals surface area contributed by atoms with Gasteiger partial charge in [0.2, 0.25) is 0 Å². The molecule has 2 aromatic rings. The van der Waals surface area contributed by atoms with Crippen LogP contribution in [0.4, 0.5) is 0 Å². The van der Waals surface area contributed by atoms with Crippen molar-refractivity contribution in [2.75, 3.05) is 0 Å². The van der Waals surface area contributed by atoms with E-state index in [2.05, 4.69) is 6.07 Å². The van der Waals surface area contributed by atoms with Crippen LogP contribution in [0, 0.1) is 6.07 Å². The summed E-state index contributed by atoms with van der Waals surface area (Å²) in [6.45, 7) is 1.58. The largest absolute Gasteiger partial charge is 0.294 e. The number of carbonyl (C=O) groups excluding carboxylic acids is 1. The lowest BCUT2D eigenvalue weighted by Crippen LogP contribution is -1.95. The van der Waals surface area contributed by atoms with Crippen LogP contribution in [0.2, 0.25) is 0 Å². The van der Waals surface area contributed by atoms with Crippen molar-refractivity contribution in [1.29, 1.82) is 0 Å². The molecule has 2 rings (SSSR count). The summed E-state index contributed by atoms with van der Waals surface area (Å²) in [6, 6.07) is 18.5. The average Bonchev–Trinajstić information content (AvgIpc) is 2.30. The highest BCUT2D eigenvalue weighted by atomic mass is 16.1. The van der Waals surface area contributed by atoms with Gasteiger partial charge in [-0.3, -0.25) is 4.79 Å². The third-order valence-electron chi connectivity index (χ3n) is 2.30. The van der Waals surface area contributed by atoms with Gasteiger partial charge in [-0.15, -0.1) is 0 Å². The zero-order valence-corrected chi connectivity index (χ0v) is 8.53. The third-order valence-corrected chi connectivity index (χ3v) is 2.30. The number of hydrogen-bond donors (Lipinski definition) is 0.